The third-order valence-electron chi connectivity index (χ3n) is 3.48. The van der Waals surface area contributed by atoms with E-state index in [0.717, 1.165) is 32.1 Å². The predicted octanol–water partition coefficient (Wildman–Crippen LogP) is -0.323. The maximum Gasteiger partial charge on any atom is 0.205 e. The van der Waals surface area contributed by atoms with Crippen LogP contribution in [0.4, 0.5) is 5.95 Å². The van der Waals surface area contributed by atoms with Gasteiger partial charge in [-0.1, -0.05) is 5.16 Å². The van der Waals surface area contributed by atoms with E-state index in [4.69, 9.17) is 10.9 Å². The second kappa shape index (κ2) is 5.26. The lowest BCUT2D eigenvalue weighted by Crippen LogP contribution is -2.53. The third kappa shape index (κ3) is 2.40. The molecule has 7 heteroatoms. The zero-order valence-electron chi connectivity index (χ0n) is 10.8. The summed E-state index contributed by atoms with van der Waals surface area (Å²) in [7, 11) is 1.99. The lowest BCUT2D eigenvalue weighted by atomic mass is 10.2. The van der Waals surface area contributed by atoms with E-state index < -0.39 is 0 Å². The van der Waals surface area contributed by atoms with E-state index in [9.17, 15) is 0 Å². The van der Waals surface area contributed by atoms with Gasteiger partial charge in [0.1, 0.15) is 0 Å². The first kappa shape index (κ1) is 12.7. The van der Waals surface area contributed by atoms with Gasteiger partial charge in [0.25, 0.3) is 0 Å². The molecule has 18 heavy (non-hydrogen) atoms. The molecule has 0 bridgehead atoms. The second-order valence-corrected chi connectivity index (χ2v) is 4.56. The number of nitrogens with two attached hydrogens (primary N) is 1. The molecule has 0 aromatic carbocycles. The lowest BCUT2D eigenvalue weighted by molar-refractivity contribution is 0.229. The molecule has 7 nitrogen and oxygen atoms in total. The van der Waals surface area contributed by atoms with Crippen LogP contribution in [-0.2, 0) is 7.05 Å². The zero-order valence-corrected chi connectivity index (χ0v) is 10.8. The van der Waals surface area contributed by atoms with Crippen molar-refractivity contribution in [2.24, 2.45) is 17.9 Å². The molecule has 0 aliphatic carbocycles. The maximum absolute atomic E-state index is 8.69. The Hall–Kier alpha value is -1.76. The van der Waals surface area contributed by atoms with Gasteiger partial charge in [0.05, 0.1) is 6.04 Å². The first-order chi connectivity index (χ1) is 8.63. The highest BCUT2D eigenvalue weighted by Crippen LogP contribution is 2.14. The molecule has 2 heterocycles. The second-order valence-electron chi connectivity index (χ2n) is 4.56. The molecule has 1 aliphatic heterocycles. The van der Waals surface area contributed by atoms with E-state index in [0.29, 0.717) is 0 Å². The predicted molar refractivity (Wildman–Crippen MR) is 69.9 cm³/mol. The molecule has 1 fully saturated rings. The molecule has 3 N–H and O–H groups in total. The smallest absolute Gasteiger partial charge is 0.205 e. The van der Waals surface area contributed by atoms with Gasteiger partial charge >= 0.3 is 0 Å². The number of nitrogens with zero attached hydrogens (tertiary/aromatic N) is 5. The van der Waals surface area contributed by atoms with Crippen molar-refractivity contribution in [3.63, 3.8) is 0 Å². The molecule has 0 spiro atoms. The van der Waals surface area contributed by atoms with Crippen molar-refractivity contribution in [3.8, 4) is 0 Å². The van der Waals surface area contributed by atoms with Gasteiger partial charge < -0.3 is 20.4 Å². The molecule has 1 atom stereocenters. The van der Waals surface area contributed by atoms with Gasteiger partial charge in [-0.25, -0.2) is 4.98 Å². The molecule has 1 unspecified atom stereocenters. The molecule has 0 radical (unpaired) electrons. The highest BCUT2D eigenvalue weighted by molar-refractivity contribution is 5.84. The Morgan fingerprint density at radius 3 is 2.61 bits per heavy atom. The molecule has 1 aromatic heterocycles. The maximum atomic E-state index is 8.69. The highest BCUT2D eigenvalue weighted by Gasteiger charge is 2.24. The molecule has 0 amide bonds. The fourth-order valence-corrected chi connectivity index (χ4v) is 2.24. The van der Waals surface area contributed by atoms with Crippen molar-refractivity contribution in [1.82, 2.24) is 14.5 Å². The van der Waals surface area contributed by atoms with Gasteiger partial charge in [-0.3, -0.25) is 4.90 Å². The zero-order chi connectivity index (χ0) is 13.1. The highest BCUT2D eigenvalue weighted by atomic mass is 16.4. The van der Waals surface area contributed by atoms with Crippen molar-refractivity contribution in [1.29, 1.82) is 0 Å². The number of hydrogen-bond acceptors (Lipinski definition) is 5. The molecule has 1 saturated heterocycles. The van der Waals surface area contributed by atoms with Crippen LogP contribution in [0.3, 0.4) is 0 Å². The van der Waals surface area contributed by atoms with E-state index in [1.54, 1.807) is 6.20 Å². The monoisotopic (exact) mass is 252 g/mol. The van der Waals surface area contributed by atoms with Crippen LogP contribution in [0.1, 0.15) is 6.92 Å². The minimum Gasteiger partial charge on any atom is -0.409 e. The Morgan fingerprint density at radius 2 is 2.11 bits per heavy atom. The van der Waals surface area contributed by atoms with Crippen LogP contribution in [-0.4, -0.2) is 57.7 Å². The molecular weight excluding hydrogens is 232 g/mol. The summed E-state index contributed by atoms with van der Waals surface area (Å²) in [5, 5.41) is 11.8. The molecule has 1 aromatic rings. The average molecular weight is 252 g/mol. The summed E-state index contributed by atoms with van der Waals surface area (Å²) in [4.78, 5) is 8.79. The fraction of sp³-hybridized carbons (Fsp3) is 0.636. The van der Waals surface area contributed by atoms with Crippen molar-refractivity contribution in [3.05, 3.63) is 12.4 Å². The number of rotatable bonds is 3. The van der Waals surface area contributed by atoms with Gasteiger partial charge in [0.2, 0.25) is 5.95 Å². The number of aryl methyl sites for hydroxylation is 1. The van der Waals surface area contributed by atoms with Crippen LogP contribution in [0.15, 0.2) is 17.5 Å². The van der Waals surface area contributed by atoms with Gasteiger partial charge in [-0.2, -0.15) is 0 Å². The van der Waals surface area contributed by atoms with E-state index in [-0.39, 0.29) is 11.9 Å². The van der Waals surface area contributed by atoms with Crippen molar-refractivity contribution in [2.75, 3.05) is 31.1 Å². The Kier molecular flexibility index (Phi) is 3.71. The minimum atomic E-state index is -0.0291. The fourth-order valence-electron chi connectivity index (χ4n) is 2.24. The normalized spacial score (nSPS) is 20.1. The molecule has 0 saturated carbocycles. The van der Waals surface area contributed by atoms with Crippen LogP contribution >= 0.6 is 0 Å². The summed E-state index contributed by atoms with van der Waals surface area (Å²) in [6, 6.07) is -0.0291. The topological polar surface area (TPSA) is 82.9 Å². The van der Waals surface area contributed by atoms with Crippen molar-refractivity contribution < 1.29 is 5.21 Å². The number of hydrogen-bond donors (Lipinski definition) is 2. The van der Waals surface area contributed by atoms with E-state index >= 15 is 0 Å². The van der Waals surface area contributed by atoms with Gasteiger partial charge in [-0.15, -0.1) is 0 Å². The first-order valence-electron chi connectivity index (χ1n) is 6.07. The van der Waals surface area contributed by atoms with E-state index in [2.05, 4.69) is 19.9 Å². The Labute approximate surface area is 106 Å². The van der Waals surface area contributed by atoms with Crippen LogP contribution in [0.5, 0.6) is 0 Å². The molecule has 2 rings (SSSR count). The lowest BCUT2D eigenvalue weighted by Gasteiger charge is -2.37. The number of imidazole rings is 1. The summed E-state index contributed by atoms with van der Waals surface area (Å²) in [6.07, 6.45) is 3.75. The van der Waals surface area contributed by atoms with Crippen LogP contribution in [0, 0.1) is 0 Å². The SMILES string of the molecule is CC(C(N)=NO)N1CCN(c2nccn2C)CC1. The van der Waals surface area contributed by atoms with Crippen LogP contribution in [0.25, 0.3) is 0 Å². The molecule has 100 valence electrons. The Bertz CT molecular complexity index is 421. The molecular formula is C11H20N6O. The number of aromatic nitrogens is 2. The summed E-state index contributed by atoms with van der Waals surface area (Å²) >= 11 is 0. The van der Waals surface area contributed by atoms with Crippen LogP contribution in [0.2, 0.25) is 0 Å². The van der Waals surface area contributed by atoms with E-state index in [1.165, 1.54) is 0 Å². The van der Waals surface area contributed by atoms with Crippen molar-refractivity contribution >= 4 is 11.8 Å². The van der Waals surface area contributed by atoms with Crippen LogP contribution < -0.4 is 10.6 Å². The molecule has 1 aliphatic rings. The average Bonchev–Trinajstić information content (AvgIpc) is 2.83. The quantitative estimate of drug-likeness (QED) is 0.333. The van der Waals surface area contributed by atoms with E-state index in [1.807, 2.05) is 24.7 Å². The summed E-state index contributed by atoms with van der Waals surface area (Å²) in [6.45, 7) is 5.50. The third-order valence-corrected chi connectivity index (χ3v) is 3.48. The number of anilines is 1. The standard InChI is InChI=1S/C11H20N6O/c1-9(10(12)14-18)16-5-7-17(8-6-16)11-13-3-4-15(11)2/h3-4,9,18H,5-8H2,1-2H3,(H2,12,14). The first-order valence-corrected chi connectivity index (χ1v) is 6.07. The van der Waals surface area contributed by atoms with Gasteiger partial charge in [0.15, 0.2) is 5.84 Å². The number of oxime groups is 1. The summed E-state index contributed by atoms with van der Waals surface area (Å²) in [5.41, 5.74) is 5.63. The largest absolute Gasteiger partial charge is 0.409 e. The number of piperazine rings is 1. The van der Waals surface area contributed by atoms with Gasteiger partial charge in [0, 0.05) is 45.6 Å². The Balaban J connectivity index is 1.94. The summed E-state index contributed by atoms with van der Waals surface area (Å²) < 4.78 is 2.02. The summed E-state index contributed by atoms with van der Waals surface area (Å²) in [5.74, 6) is 1.26. The van der Waals surface area contributed by atoms with Gasteiger partial charge in [-0.05, 0) is 6.92 Å². The minimum absolute atomic E-state index is 0.0291. The number of amidine groups is 1. The van der Waals surface area contributed by atoms with Crippen molar-refractivity contribution in [2.45, 2.75) is 13.0 Å². The Morgan fingerprint density at radius 1 is 1.44 bits per heavy atom.